The molecule has 0 saturated carbocycles. The van der Waals surface area contributed by atoms with Gasteiger partial charge >= 0.3 is 0 Å². The largest absolute Gasteiger partial charge is 1.00 e. The highest BCUT2D eigenvalue weighted by Gasteiger charge is 2.34. The van der Waals surface area contributed by atoms with Gasteiger partial charge in [0.25, 0.3) is 0 Å². The maximum Gasteiger partial charge on any atom is 0.231 e. The van der Waals surface area contributed by atoms with Crippen molar-refractivity contribution in [1.82, 2.24) is 29.5 Å². The van der Waals surface area contributed by atoms with E-state index in [1.165, 1.54) is 63.0 Å². The summed E-state index contributed by atoms with van der Waals surface area (Å²) in [5, 5.41) is 18.8. The van der Waals surface area contributed by atoms with Crippen molar-refractivity contribution < 1.29 is 44.9 Å². The van der Waals surface area contributed by atoms with Gasteiger partial charge < -0.3 is 31.6 Å². The van der Waals surface area contributed by atoms with Crippen molar-refractivity contribution in [3.63, 3.8) is 0 Å². The lowest BCUT2D eigenvalue weighted by atomic mass is 9.87. The maximum absolute atomic E-state index is 14.1. The zero-order valence-electron chi connectivity index (χ0n) is 26.4. The molecule has 246 valence electrons. The van der Waals surface area contributed by atoms with Gasteiger partial charge in [-0.2, -0.15) is 10.2 Å². The predicted molar refractivity (Wildman–Crippen MR) is 166 cm³/mol. The zero-order valence-corrected chi connectivity index (χ0v) is 27.9. The molecule has 0 fully saturated rings. The fourth-order valence-electron chi connectivity index (χ4n) is 5.58. The molecule has 7 rings (SSSR count). The Morgan fingerprint density at radius 2 is 1.51 bits per heavy atom. The molecule has 4 heterocycles. The van der Waals surface area contributed by atoms with E-state index in [1.807, 2.05) is 0 Å². The van der Waals surface area contributed by atoms with Crippen LogP contribution in [0, 0.1) is 11.6 Å². The van der Waals surface area contributed by atoms with E-state index in [1.54, 1.807) is 0 Å². The number of hydrogen-bond acceptors (Lipinski definition) is 7. The molecule has 1 N–H and O–H groups in total. The Bertz CT molecular complexity index is 1790. The van der Waals surface area contributed by atoms with E-state index in [0.29, 0.717) is 6.79 Å². The summed E-state index contributed by atoms with van der Waals surface area (Å²) >= 11 is 0. The molecule has 0 amide bonds. The zero-order chi connectivity index (χ0) is 32.3. The quantitative estimate of drug-likeness (QED) is 0.257. The summed E-state index contributed by atoms with van der Waals surface area (Å²) in [6, 6.07) is 16.3. The molecular weight excluding hydrogens is 672 g/mol. The summed E-state index contributed by atoms with van der Waals surface area (Å²) in [7, 11) is 0. The number of benzene rings is 3. The second-order valence-corrected chi connectivity index (χ2v) is 12.5. The average Bonchev–Trinajstić information content (AvgIpc) is 3.80. The van der Waals surface area contributed by atoms with Crippen molar-refractivity contribution in [1.29, 1.82) is 0 Å². The fraction of sp³-hybridized carbons (Fsp3) is 0.324. The molecule has 0 radical (unpaired) electrons. The van der Waals surface area contributed by atoms with Gasteiger partial charge in [0.1, 0.15) is 49.1 Å². The minimum atomic E-state index is -1.70. The summed E-state index contributed by atoms with van der Waals surface area (Å²) < 4.78 is 43.3. The molecule has 0 aliphatic carbocycles. The summed E-state index contributed by atoms with van der Waals surface area (Å²) in [6.45, 7) is 8.92. The Morgan fingerprint density at radius 3 is 2.09 bits per heavy atom. The average molecular weight is 709 g/mol. The molecule has 13 heteroatoms. The van der Waals surface area contributed by atoms with Crippen molar-refractivity contribution in [3.8, 4) is 11.5 Å². The Balaban J connectivity index is 0.000000181. The molecule has 47 heavy (non-hydrogen) atoms. The summed E-state index contributed by atoms with van der Waals surface area (Å²) in [5.41, 5.74) is 3.78. The van der Waals surface area contributed by atoms with Gasteiger partial charge in [-0.3, -0.25) is 0 Å². The number of fused-ring (bicyclic) bond motifs is 2. The van der Waals surface area contributed by atoms with Crippen LogP contribution in [-0.4, -0.2) is 58.8 Å². The van der Waals surface area contributed by atoms with Crippen LogP contribution in [-0.2, 0) is 37.1 Å². The number of nitrogens with zero attached hydrogens (tertiary/aromatic N) is 7. The highest BCUT2D eigenvalue weighted by molar-refractivity contribution is 5.80. The third-order valence-corrected chi connectivity index (χ3v) is 8.04. The predicted octanol–water partition coefficient (Wildman–Crippen LogP) is 1.64. The van der Waals surface area contributed by atoms with E-state index in [0.717, 1.165) is 43.1 Å². The third-order valence-electron chi connectivity index (χ3n) is 8.04. The Labute approximate surface area is 282 Å². The van der Waals surface area contributed by atoms with Crippen LogP contribution in [0.4, 0.5) is 8.78 Å². The first kappa shape index (κ1) is 33.9. The number of hydrogen-bond donors (Lipinski definition) is 1. The Kier molecular flexibility index (Phi) is 10.2. The third kappa shape index (κ3) is 8.09. The molecule has 2 aliphatic rings. The number of aromatic nitrogens is 6. The van der Waals surface area contributed by atoms with E-state index >= 15 is 0 Å². The van der Waals surface area contributed by atoms with Crippen molar-refractivity contribution >= 4 is 6.21 Å². The highest BCUT2D eigenvalue weighted by Crippen LogP contribution is 2.35. The molecule has 0 unspecified atom stereocenters. The molecule has 0 saturated heterocycles. The SMILES string of the molecule is CC(C)(C)c1ccc(C[N+]2=Cc3cc4c(cc3CC2)OCO4)cc1.OC(Cn1cncn1)(Cn1cncn1)c1ccc(F)cc1F.[Br-]. The normalized spacial score (nSPS) is 13.6. The van der Waals surface area contributed by atoms with Crippen LogP contribution >= 0.6 is 0 Å². The van der Waals surface area contributed by atoms with Crippen LogP contribution in [0.15, 0.2) is 79.9 Å². The lowest BCUT2D eigenvalue weighted by Crippen LogP contribution is -3.00. The number of aliphatic hydroxyl groups is 1. The van der Waals surface area contributed by atoms with Gasteiger partial charge in [-0.05, 0) is 34.7 Å². The van der Waals surface area contributed by atoms with E-state index in [4.69, 9.17) is 9.47 Å². The molecule has 2 aromatic heterocycles. The van der Waals surface area contributed by atoms with Gasteiger partial charge in [-0.15, -0.1) is 0 Å². The first-order valence-electron chi connectivity index (χ1n) is 15.0. The second kappa shape index (κ2) is 14.1. The number of halogens is 3. The van der Waals surface area contributed by atoms with Gasteiger partial charge in [0.15, 0.2) is 24.3 Å². The van der Waals surface area contributed by atoms with Gasteiger partial charge in [0.05, 0.1) is 13.1 Å². The van der Waals surface area contributed by atoms with Crippen molar-refractivity contribution in [2.24, 2.45) is 0 Å². The molecule has 3 aromatic carbocycles. The van der Waals surface area contributed by atoms with Gasteiger partial charge in [0, 0.05) is 29.2 Å². The molecule has 5 aromatic rings. The Hall–Kier alpha value is -4.49. The second-order valence-electron chi connectivity index (χ2n) is 12.5. The standard InChI is InChI=1S/C21H24NO2.C13H12F2N6O.BrH/c1-21(2,3)18-6-4-15(5-7-18)12-22-9-8-16-10-19-20(24-14-23-19)11-17(16)13-22;14-10-1-2-11(12(15)3-10)13(22,4-20-8-16-6-18-20)5-21-9-17-7-19-21;/h4-7,10-11,13H,8-9,12,14H2,1-3H3;1-3,6-9,22H,4-5H2;1H/q+1;;/p-1. The number of rotatable bonds is 7. The molecule has 0 atom stereocenters. The van der Waals surface area contributed by atoms with Gasteiger partial charge in [-0.25, -0.2) is 32.7 Å². The van der Waals surface area contributed by atoms with Crippen molar-refractivity contribution in [2.45, 2.75) is 57.8 Å². The van der Waals surface area contributed by atoms with Crippen LogP contribution < -0.4 is 26.5 Å². The summed E-state index contributed by atoms with van der Waals surface area (Å²) in [6.07, 6.45) is 8.69. The van der Waals surface area contributed by atoms with Crippen molar-refractivity contribution in [2.75, 3.05) is 13.3 Å². The molecule has 2 aliphatic heterocycles. The summed E-state index contributed by atoms with van der Waals surface area (Å²) in [5.74, 6) is 0.183. The monoisotopic (exact) mass is 707 g/mol. The van der Waals surface area contributed by atoms with Crippen LogP contribution in [0.2, 0.25) is 0 Å². The van der Waals surface area contributed by atoms with E-state index in [-0.39, 0.29) is 41.0 Å². The topological polar surface area (TPSA) is 103 Å². The van der Waals surface area contributed by atoms with Crippen molar-refractivity contribution in [3.05, 3.63) is 119 Å². The first-order valence-corrected chi connectivity index (χ1v) is 15.0. The lowest BCUT2D eigenvalue weighted by Gasteiger charge is -2.28. The first-order chi connectivity index (χ1) is 22.1. The fourth-order valence-corrected chi connectivity index (χ4v) is 5.58. The molecule has 0 spiro atoms. The van der Waals surface area contributed by atoms with Crippen LogP contribution in [0.3, 0.4) is 0 Å². The van der Waals surface area contributed by atoms with Gasteiger partial charge in [0.2, 0.25) is 6.79 Å². The summed E-state index contributed by atoms with van der Waals surface area (Å²) in [4.78, 5) is 7.57. The van der Waals surface area contributed by atoms with E-state index in [9.17, 15) is 13.9 Å². The lowest BCUT2D eigenvalue weighted by molar-refractivity contribution is -0.540. The van der Waals surface area contributed by atoms with Crippen LogP contribution in [0.5, 0.6) is 11.5 Å². The van der Waals surface area contributed by atoms with E-state index in [2.05, 4.69) is 88.1 Å². The molecular formula is C34H36BrF2N7O3. The molecule has 10 nitrogen and oxygen atoms in total. The Morgan fingerprint density at radius 1 is 0.872 bits per heavy atom. The minimum Gasteiger partial charge on any atom is -1.00 e. The number of ether oxygens (including phenoxy) is 2. The molecule has 0 bridgehead atoms. The van der Waals surface area contributed by atoms with Gasteiger partial charge in [-0.1, -0.05) is 51.1 Å². The van der Waals surface area contributed by atoms with Crippen LogP contribution in [0.1, 0.15) is 48.6 Å². The smallest absolute Gasteiger partial charge is 0.231 e. The maximum atomic E-state index is 14.1. The van der Waals surface area contributed by atoms with Crippen LogP contribution in [0.25, 0.3) is 0 Å². The highest BCUT2D eigenvalue weighted by atomic mass is 79.9. The van der Waals surface area contributed by atoms with E-state index < -0.39 is 17.2 Å². The minimum absolute atomic E-state index is 0.